The van der Waals surface area contributed by atoms with Crippen LogP contribution in [0.5, 0.6) is 0 Å². The predicted octanol–water partition coefficient (Wildman–Crippen LogP) is 5.43. The summed E-state index contributed by atoms with van der Waals surface area (Å²) in [6.07, 6.45) is 5.69. The highest BCUT2D eigenvalue weighted by molar-refractivity contribution is 5.89. The van der Waals surface area contributed by atoms with Crippen LogP contribution >= 0.6 is 0 Å². The molecule has 0 N–H and O–H groups in total. The third-order valence-corrected chi connectivity index (χ3v) is 3.88. The van der Waals surface area contributed by atoms with Crippen molar-refractivity contribution in [2.75, 3.05) is 13.2 Å². The van der Waals surface area contributed by atoms with Gasteiger partial charge in [0.2, 0.25) is 0 Å². The lowest BCUT2D eigenvalue weighted by Crippen LogP contribution is -2.04. The maximum absolute atomic E-state index is 11.7. The van der Waals surface area contributed by atoms with Crippen LogP contribution in [-0.4, -0.2) is 19.2 Å². The summed E-state index contributed by atoms with van der Waals surface area (Å²) in [5.74, 6) is -0.288. The van der Waals surface area contributed by atoms with Crippen molar-refractivity contribution in [2.45, 2.75) is 26.4 Å². The molecule has 0 unspecified atom stereocenters. The first-order chi connectivity index (χ1) is 12.7. The normalized spacial score (nSPS) is 11.2. The minimum absolute atomic E-state index is 0.288. The molecule has 2 rings (SSSR count). The highest BCUT2D eigenvalue weighted by Crippen LogP contribution is 2.16. The van der Waals surface area contributed by atoms with Gasteiger partial charge in [0, 0.05) is 0 Å². The van der Waals surface area contributed by atoms with Gasteiger partial charge in [-0.15, -0.1) is 6.58 Å². The van der Waals surface area contributed by atoms with E-state index in [0.717, 1.165) is 18.4 Å². The molecule has 136 valence electrons. The zero-order valence-electron chi connectivity index (χ0n) is 15.3. The Bertz CT molecular complexity index is 715. The molecule has 0 aliphatic carbocycles. The summed E-state index contributed by atoms with van der Waals surface area (Å²) in [6, 6.07) is 17.6. The molecule has 0 aromatic heterocycles. The van der Waals surface area contributed by atoms with E-state index in [4.69, 9.17) is 9.47 Å². The zero-order valence-corrected chi connectivity index (χ0v) is 15.3. The first kappa shape index (κ1) is 19.7. The number of carbonyl (C=O) groups excluding carboxylic acids is 1. The van der Waals surface area contributed by atoms with Crippen LogP contribution in [0, 0.1) is 0 Å². The molecule has 0 saturated heterocycles. The van der Waals surface area contributed by atoms with Crippen LogP contribution in [0.3, 0.4) is 0 Å². The predicted molar refractivity (Wildman–Crippen MR) is 106 cm³/mol. The molecular formula is C23H26O3. The number of hydrogen-bond donors (Lipinski definition) is 0. The molecule has 2 aromatic carbocycles. The van der Waals surface area contributed by atoms with Crippen LogP contribution in [0.2, 0.25) is 0 Å². The van der Waals surface area contributed by atoms with Crippen LogP contribution in [-0.2, 0) is 16.1 Å². The van der Waals surface area contributed by atoms with Gasteiger partial charge in [-0.1, -0.05) is 60.2 Å². The molecule has 0 aliphatic heterocycles. The molecule has 0 fully saturated rings. The van der Waals surface area contributed by atoms with E-state index >= 15 is 0 Å². The van der Waals surface area contributed by atoms with Crippen molar-refractivity contribution in [1.82, 2.24) is 0 Å². The largest absolute Gasteiger partial charge is 0.462 e. The van der Waals surface area contributed by atoms with E-state index in [1.54, 1.807) is 19.1 Å². The smallest absolute Gasteiger partial charge is 0.338 e. The van der Waals surface area contributed by atoms with Crippen LogP contribution in [0.15, 0.2) is 72.8 Å². The molecule has 0 spiro atoms. The lowest BCUT2D eigenvalue weighted by atomic mass is 10.0. The van der Waals surface area contributed by atoms with Gasteiger partial charge in [0.05, 0.1) is 25.4 Å². The minimum Gasteiger partial charge on any atom is -0.462 e. The van der Waals surface area contributed by atoms with Gasteiger partial charge in [-0.25, -0.2) is 4.79 Å². The highest BCUT2D eigenvalue weighted by atomic mass is 16.5. The second kappa shape index (κ2) is 11.1. The lowest BCUT2D eigenvalue weighted by molar-refractivity contribution is 0.0526. The van der Waals surface area contributed by atoms with Crippen LogP contribution in [0.1, 0.15) is 41.3 Å². The quantitative estimate of drug-likeness (QED) is 0.326. The monoisotopic (exact) mass is 350 g/mol. The molecule has 0 heterocycles. The number of hydrogen-bond acceptors (Lipinski definition) is 3. The summed E-state index contributed by atoms with van der Waals surface area (Å²) in [5.41, 5.74) is 4.05. The molecule has 0 atom stereocenters. The summed E-state index contributed by atoms with van der Waals surface area (Å²) in [7, 11) is 0. The average Bonchev–Trinajstić information content (AvgIpc) is 2.67. The standard InChI is InChI=1S/C23H26O3/c1-3-8-19(15-16-25-18-21-9-6-5-7-10-21)17-20-11-13-22(14-12-20)23(24)26-4-2/h3,5-7,9-14,17H,1,4,8,15-16,18H2,2H3/b19-17+. The van der Waals surface area contributed by atoms with E-state index in [9.17, 15) is 4.79 Å². The zero-order chi connectivity index (χ0) is 18.6. The maximum Gasteiger partial charge on any atom is 0.338 e. The Kier molecular flexibility index (Phi) is 8.37. The Morgan fingerprint density at radius 2 is 1.81 bits per heavy atom. The Balaban J connectivity index is 1.90. The van der Waals surface area contributed by atoms with Crippen molar-refractivity contribution in [3.63, 3.8) is 0 Å². The van der Waals surface area contributed by atoms with Gasteiger partial charge in [0.1, 0.15) is 0 Å². The first-order valence-electron chi connectivity index (χ1n) is 8.92. The molecule has 2 aromatic rings. The van der Waals surface area contributed by atoms with E-state index in [2.05, 4.69) is 24.8 Å². The third kappa shape index (κ3) is 6.69. The third-order valence-electron chi connectivity index (χ3n) is 3.88. The van der Waals surface area contributed by atoms with Crippen molar-refractivity contribution in [3.05, 3.63) is 89.5 Å². The van der Waals surface area contributed by atoms with Gasteiger partial charge in [0.25, 0.3) is 0 Å². The molecule has 0 amide bonds. The second-order valence-electron chi connectivity index (χ2n) is 5.93. The topological polar surface area (TPSA) is 35.5 Å². The fourth-order valence-corrected chi connectivity index (χ4v) is 2.55. The fraction of sp³-hybridized carbons (Fsp3) is 0.261. The van der Waals surface area contributed by atoms with E-state index in [1.165, 1.54) is 11.1 Å². The van der Waals surface area contributed by atoms with Crippen molar-refractivity contribution < 1.29 is 14.3 Å². The molecule has 26 heavy (non-hydrogen) atoms. The average molecular weight is 350 g/mol. The van der Waals surface area contributed by atoms with Crippen molar-refractivity contribution in [3.8, 4) is 0 Å². The van der Waals surface area contributed by atoms with Gasteiger partial charge in [-0.2, -0.15) is 0 Å². The molecule has 0 saturated carbocycles. The van der Waals surface area contributed by atoms with E-state index < -0.39 is 0 Å². The number of allylic oxidation sites excluding steroid dienone is 1. The van der Waals surface area contributed by atoms with Crippen LogP contribution in [0.4, 0.5) is 0 Å². The number of benzene rings is 2. The van der Waals surface area contributed by atoms with E-state index in [-0.39, 0.29) is 5.97 Å². The highest BCUT2D eigenvalue weighted by Gasteiger charge is 2.05. The second-order valence-corrected chi connectivity index (χ2v) is 5.93. The summed E-state index contributed by atoms with van der Waals surface area (Å²) >= 11 is 0. The lowest BCUT2D eigenvalue weighted by Gasteiger charge is -2.08. The number of esters is 1. The summed E-state index contributed by atoms with van der Waals surface area (Å²) in [6.45, 7) is 7.30. The van der Waals surface area contributed by atoms with Gasteiger partial charge < -0.3 is 9.47 Å². The molecule has 0 bridgehead atoms. The van der Waals surface area contributed by atoms with Crippen LogP contribution < -0.4 is 0 Å². The van der Waals surface area contributed by atoms with Gasteiger partial charge >= 0.3 is 5.97 Å². The summed E-state index contributed by atoms with van der Waals surface area (Å²) < 4.78 is 10.8. The van der Waals surface area contributed by atoms with Crippen molar-refractivity contribution in [2.24, 2.45) is 0 Å². The Morgan fingerprint density at radius 3 is 2.46 bits per heavy atom. The number of ether oxygens (including phenoxy) is 2. The minimum atomic E-state index is -0.288. The molecule has 0 radical (unpaired) electrons. The molecular weight excluding hydrogens is 324 g/mol. The molecule has 3 heteroatoms. The van der Waals surface area contributed by atoms with Crippen molar-refractivity contribution in [1.29, 1.82) is 0 Å². The number of rotatable bonds is 10. The van der Waals surface area contributed by atoms with Crippen molar-refractivity contribution >= 4 is 12.0 Å². The Morgan fingerprint density at radius 1 is 1.08 bits per heavy atom. The fourth-order valence-electron chi connectivity index (χ4n) is 2.55. The van der Waals surface area contributed by atoms with E-state index in [0.29, 0.717) is 25.4 Å². The maximum atomic E-state index is 11.7. The first-order valence-corrected chi connectivity index (χ1v) is 8.92. The summed E-state index contributed by atoms with van der Waals surface area (Å²) in [4.78, 5) is 11.7. The summed E-state index contributed by atoms with van der Waals surface area (Å²) in [5, 5.41) is 0. The molecule has 0 aliphatic rings. The van der Waals surface area contributed by atoms with Gasteiger partial charge in [-0.05, 0) is 43.0 Å². The number of carbonyl (C=O) groups is 1. The van der Waals surface area contributed by atoms with Gasteiger partial charge in [0.15, 0.2) is 0 Å². The van der Waals surface area contributed by atoms with E-state index in [1.807, 2.05) is 36.4 Å². The SMILES string of the molecule is C=CC/C(=C\c1ccc(C(=O)OCC)cc1)CCOCc1ccccc1. The molecule has 3 nitrogen and oxygen atoms in total. The Hall–Kier alpha value is -2.65. The van der Waals surface area contributed by atoms with Crippen LogP contribution in [0.25, 0.3) is 6.08 Å². The van der Waals surface area contributed by atoms with Gasteiger partial charge in [-0.3, -0.25) is 0 Å². The Labute approximate surface area is 156 Å².